The molecule has 1 aliphatic rings. The lowest BCUT2D eigenvalue weighted by Gasteiger charge is -2.16. The van der Waals surface area contributed by atoms with Gasteiger partial charge < -0.3 is 41.3 Å². The number of carboxylic acids is 2. The number of ether oxygens (including phenoxy) is 1. The quantitative estimate of drug-likeness (QED) is 0.174. The van der Waals surface area contributed by atoms with Crippen LogP contribution in [0.3, 0.4) is 0 Å². The predicted octanol–water partition coefficient (Wildman–Crippen LogP) is -2.50. The zero-order chi connectivity index (χ0) is 26.6. The number of nitrogens with two attached hydrogens (primary N) is 1. The first-order valence-electron chi connectivity index (χ1n) is 10.4. The lowest BCUT2D eigenvalue weighted by Crippen LogP contribution is -2.33. The highest BCUT2D eigenvalue weighted by Gasteiger charge is 2.44. The number of aliphatic hydroxyl groups excluding tert-OH is 3. The maximum Gasteiger partial charge on any atom is 0.303 e. The van der Waals surface area contributed by atoms with Crippen LogP contribution in [0.1, 0.15) is 29.4 Å². The Kier molecular flexibility index (Phi) is 8.10. The minimum atomic E-state index is -1.31. The van der Waals surface area contributed by atoms with Gasteiger partial charge in [-0.2, -0.15) is 15.1 Å². The third kappa shape index (κ3) is 5.54. The molecule has 3 aromatic rings. The topological polar surface area (TPSA) is 261 Å². The van der Waals surface area contributed by atoms with Crippen molar-refractivity contribution >= 4 is 34.8 Å². The Balaban J connectivity index is 0.000000392. The molecule has 1 saturated heterocycles. The number of aliphatic hydroxyl groups is 3. The van der Waals surface area contributed by atoms with Crippen molar-refractivity contribution in [1.82, 2.24) is 34.6 Å². The molecular weight excluding hydrogens is 484 g/mol. The van der Waals surface area contributed by atoms with Crippen molar-refractivity contribution in [3.63, 3.8) is 0 Å². The van der Waals surface area contributed by atoms with E-state index >= 15 is 0 Å². The minimum Gasteiger partial charge on any atom is -0.481 e. The van der Waals surface area contributed by atoms with Gasteiger partial charge in [0.25, 0.3) is 11.9 Å². The maximum atomic E-state index is 11.7. The summed E-state index contributed by atoms with van der Waals surface area (Å²) in [4.78, 5) is 43.6. The molecule has 0 bridgehead atoms. The first-order chi connectivity index (χ1) is 17.1. The lowest BCUT2D eigenvalue weighted by atomic mass is 10.1. The molecule has 8 N–H and O–H groups in total. The van der Waals surface area contributed by atoms with E-state index in [1.54, 1.807) is 0 Å². The van der Waals surface area contributed by atoms with E-state index in [9.17, 15) is 29.7 Å². The number of rotatable bonds is 7. The number of nitrogen functional groups attached to an aromatic ring is 1. The highest BCUT2D eigenvalue weighted by atomic mass is 16.6. The van der Waals surface area contributed by atoms with Crippen LogP contribution in [0.15, 0.2) is 18.7 Å². The third-order valence-electron chi connectivity index (χ3n) is 5.06. The van der Waals surface area contributed by atoms with Crippen LogP contribution in [0.4, 0.5) is 5.82 Å². The van der Waals surface area contributed by atoms with E-state index in [4.69, 9.17) is 20.7 Å². The fourth-order valence-electron chi connectivity index (χ4n) is 3.23. The summed E-state index contributed by atoms with van der Waals surface area (Å²) in [6.07, 6.45) is -1.01. The molecule has 0 aromatic carbocycles. The van der Waals surface area contributed by atoms with E-state index in [0.717, 1.165) is 0 Å². The van der Waals surface area contributed by atoms with E-state index in [2.05, 4.69) is 25.4 Å². The third-order valence-corrected chi connectivity index (χ3v) is 5.06. The number of imidazole rings is 1. The number of nitrogens with one attached hydrogen (secondary N) is 1. The summed E-state index contributed by atoms with van der Waals surface area (Å²) >= 11 is 0. The molecule has 1 amide bonds. The van der Waals surface area contributed by atoms with Gasteiger partial charge >= 0.3 is 11.9 Å². The normalized spacial score (nSPS) is 21.1. The van der Waals surface area contributed by atoms with Crippen LogP contribution in [-0.2, 0) is 14.3 Å². The molecular formula is C19H24N8O9. The molecule has 0 aliphatic carbocycles. The zero-order valence-electron chi connectivity index (χ0n) is 18.8. The Morgan fingerprint density at radius 3 is 2.36 bits per heavy atom. The average Bonchev–Trinajstić information content (AvgIpc) is 3.56. The summed E-state index contributed by atoms with van der Waals surface area (Å²) in [7, 11) is 1.50. The van der Waals surface area contributed by atoms with Crippen molar-refractivity contribution in [2.24, 2.45) is 0 Å². The van der Waals surface area contributed by atoms with Gasteiger partial charge in [-0.3, -0.25) is 19.0 Å². The number of nitrogens with zero attached hydrogens (tertiary/aromatic N) is 6. The van der Waals surface area contributed by atoms with Crippen LogP contribution >= 0.6 is 0 Å². The Hall–Kier alpha value is -4.19. The van der Waals surface area contributed by atoms with Crippen LogP contribution in [0.25, 0.3) is 17.1 Å². The van der Waals surface area contributed by atoms with E-state index in [1.807, 2.05) is 0 Å². The Morgan fingerprint density at radius 1 is 1.14 bits per heavy atom. The molecule has 4 atom stereocenters. The molecule has 194 valence electrons. The summed E-state index contributed by atoms with van der Waals surface area (Å²) in [6.45, 7) is -0.459. The van der Waals surface area contributed by atoms with Crippen molar-refractivity contribution in [2.75, 3.05) is 19.4 Å². The number of fused-ring (bicyclic) bond motifs is 1. The SMILES string of the molecule is CNC(=O)c1cnn(-c2nc(N)c3ncn([C@@H]4O[C@H](CO)[C@@H](O)[C@H]4O)c3n2)c1.O=C(O)CCC(=O)O. The monoisotopic (exact) mass is 508 g/mol. The zero-order valence-corrected chi connectivity index (χ0v) is 18.8. The highest BCUT2D eigenvalue weighted by Crippen LogP contribution is 2.32. The summed E-state index contributed by atoms with van der Waals surface area (Å²) in [6, 6.07) is 0. The molecule has 3 aromatic heterocycles. The summed E-state index contributed by atoms with van der Waals surface area (Å²) in [5.41, 5.74) is 6.78. The van der Waals surface area contributed by atoms with Gasteiger partial charge in [0.05, 0.1) is 37.5 Å². The van der Waals surface area contributed by atoms with Gasteiger partial charge in [0.2, 0.25) is 0 Å². The molecule has 36 heavy (non-hydrogen) atoms. The van der Waals surface area contributed by atoms with E-state index < -0.39 is 43.1 Å². The minimum absolute atomic E-state index is 0.0579. The van der Waals surface area contributed by atoms with Crippen molar-refractivity contribution in [1.29, 1.82) is 0 Å². The smallest absolute Gasteiger partial charge is 0.303 e. The summed E-state index contributed by atoms with van der Waals surface area (Å²) < 4.78 is 8.18. The molecule has 17 nitrogen and oxygen atoms in total. The van der Waals surface area contributed by atoms with Gasteiger partial charge in [-0.15, -0.1) is 0 Å². The molecule has 4 heterocycles. The largest absolute Gasteiger partial charge is 0.481 e. The second kappa shape index (κ2) is 11.0. The lowest BCUT2D eigenvalue weighted by molar-refractivity contribution is -0.143. The Labute approximate surface area is 201 Å². The van der Waals surface area contributed by atoms with Crippen molar-refractivity contribution < 1.29 is 44.7 Å². The Morgan fingerprint density at radius 2 is 1.81 bits per heavy atom. The van der Waals surface area contributed by atoms with Crippen LogP contribution < -0.4 is 11.1 Å². The highest BCUT2D eigenvalue weighted by molar-refractivity contribution is 5.93. The van der Waals surface area contributed by atoms with Gasteiger partial charge in [0.1, 0.15) is 23.8 Å². The number of carbonyl (C=O) groups is 3. The van der Waals surface area contributed by atoms with E-state index in [0.29, 0.717) is 5.56 Å². The number of aliphatic carboxylic acids is 2. The van der Waals surface area contributed by atoms with Crippen LogP contribution in [-0.4, -0.2) is 105 Å². The molecule has 0 saturated carbocycles. The predicted molar refractivity (Wildman–Crippen MR) is 118 cm³/mol. The van der Waals surface area contributed by atoms with Crippen molar-refractivity contribution in [3.8, 4) is 5.95 Å². The molecule has 0 radical (unpaired) electrons. The number of amides is 1. The number of hydrogen-bond acceptors (Lipinski definition) is 12. The maximum absolute atomic E-state index is 11.7. The van der Waals surface area contributed by atoms with Gasteiger partial charge in [-0.1, -0.05) is 0 Å². The molecule has 0 spiro atoms. The number of anilines is 1. The molecule has 0 unspecified atom stereocenters. The first kappa shape index (κ1) is 26.4. The summed E-state index contributed by atoms with van der Waals surface area (Å²) in [5.74, 6) is -2.34. The van der Waals surface area contributed by atoms with Gasteiger partial charge in [-0.05, 0) is 0 Å². The van der Waals surface area contributed by atoms with Crippen LogP contribution in [0.2, 0.25) is 0 Å². The standard InChI is InChI=1S/C15H18N8O5.C4H6O4/c1-17-13(27)6-2-19-23(3-6)15-20-11(16)8-12(21-15)22(5-18-8)14-10(26)9(25)7(4-24)28-14;5-3(6)1-2-4(7)8/h2-3,5,7,9-10,14,24-26H,4H2,1H3,(H,17,27)(H2,16,20,21);1-2H2,(H,5,6)(H,7,8)/t7-,9-,10-,14-;/m1./s1. The van der Waals surface area contributed by atoms with E-state index in [-0.39, 0.29) is 41.7 Å². The molecule has 17 heteroatoms. The fourth-order valence-corrected chi connectivity index (χ4v) is 3.23. The Bertz CT molecular complexity index is 1250. The fraction of sp³-hybridized carbons (Fsp3) is 0.421. The van der Waals surface area contributed by atoms with Crippen molar-refractivity contribution in [3.05, 3.63) is 24.3 Å². The number of aromatic nitrogens is 6. The number of carboxylic acid groups (broad SMARTS) is 2. The molecule has 4 rings (SSSR count). The number of hydrogen-bond donors (Lipinski definition) is 7. The van der Waals surface area contributed by atoms with E-state index in [1.165, 1.54) is 35.0 Å². The van der Waals surface area contributed by atoms with Gasteiger partial charge in [0.15, 0.2) is 17.7 Å². The second-order valence-corrected chi connectivity index (χ2v) is 7.50. The second-order valence-electron chi connectivity index (χ2n) is 7.50. The first-order valence-corrected chi connectivity index (χ1v) is 10.4. The van der Waals surface area contributed by atoms with Crippen molar-refractivity contribution in [2.45, 2.75) is 37.4 Å². The van der Waals surface area contributed by atoms with Crippen LogP contribution in [0.5, 0.6) is 0 Å². The summed E-state index contributed by atoms with van der Waals surface area (Å²) in [5, 5.41) is 51.9. The van der Waals surface area contributed by atoms with Gasteiger partial charge in [-0.25, -0.2) is 9.67 Å². The van der Waals surface area contributed by atoms with Crippen LogP contribution in [0, 0.1) is 0 Å². The van der Waals surface area contributed by atoms with Gasteiger partial charge in [0, 0.05) is 13.2 Å². The molecule has 1 aliphatic heterocycles. The average molecular weight is 508 g/mol. The molecule has 1 fully saturated rings. The number of carbonyl (C=O) groups excluding carboxylic acids is 1.